The van der Waals surface area contributed by atoms with Crippen LogP contribution in [0.4, 0.5) is 5.13 Å². The zero-order valence-corrected chi connectivity index (χ0v) is 21.9. The average molecular weight is 501 g/mol. The van der Waals surface area contributed by atoms with Gasteiger partial charge in [-0.05, 0) is 82.2 Å². The van der Waals surface area contributed by atoms with Crippen LogP contribution in [0.2, 0.25) is 0 Å². The molecule has 1 amide bonds. The number of sulfonamides is 1. The van der Waals surface area contributed by atoms with Crippen molar-refractivity contribution in [2.75, 3.05) is 45.2 Å². The van der Waals surface area contributed by atoms with E-state index < -0.39 is 10.0 Å². The maximum absolute atomic E-state index is 13.6. The minimum atomic E-state index is -3.53. The summed E-state index contributed by atoms with van der Waals surface area (Å²) in [6, 6.07) is 10.5. The molecule has 1 aliphatic heterocycles. The van der Waals surface area contributed by atoms with Crippen LogP contribution >= 0.6 is 11.3 Å². The van der Waals surface area contributed by atoms with Crippen molar-refractivity contribution in [1.29, 1.82) is 0 Å². The van der Waals surface area contributed by atoms with Crippen molar-refractivity contribution in [2.45, 2.75) is 38.0 Å². The van der Waals surface area contributed by atoms with E-state index >= 15 is 0 Å². The standard InChI is InChI=1S/C25H32N4O3S2/c1-18-8-13-22-23(19(18)2)26-25(33-22)29(17-16-27(3)4)24(30)20-9-11-21(12-10-20)34(31,32)28-14-6-5-7-15-28/h8-13H,5-7,14-17H2,1-4H3. The highest BCUT2D eigenvalue weighted by molar-refractivity contribution is 7.89. The minimum absolute atomic E-state index is 0.183. The van der Waals surface area contributed by atoms with E-state index in [-0.39, 0.29) is 10.8 Å². The molecule has 0 saturated carbocycles. The van der Waals surface area contributed by atoms with Crippen LogP contribution in [0.15, 0.2) is 41.3 Å². The molecule has 0 atom stereocenters. The fraction of sp³-hybridized carbons (Fsp3) is 0.440. The topological polar surface area (TPSA) is 73.8 Å². The molecule has 1 saturated heterocycles. The normalized spacial score (nSPS) is 15.2. The Morgan fingerprint density at radius 3 is 2.32 bits per heavy atom. The molecule has 0 bridgehead atoms. The predicted molar refractivity (Wildman–Crippen MR) is 138 cm³/mol. The van der Waals surface area contributed by atoms with Crippen LogP contribution in [0.3, 0.4) is 0 Å². The molecule has 3 aromatic rings. The van der Waals surface area contributed by atoms with E-state index in [1.165, 1.54) is 16.9 Å². The first kappa shape index (κ1) is 24.8. The van der Waals surface area contributed by atoms with Crippen LogP contribution in [0.25, 0.3) is 10.2 Å². The minimum Gasteiger partial charge on any atom is -0.308 e. The lowest BCUT2D eigenvalue weighted by Crippen LogP contribution is -2.37. The lowest BCUT2D eigenvalue weighted by molar-refractivity contribution is 0.0985. The lowest BCUT2D eigenvalue weighted by atomic mass is 10.1. The van der Waals surface area contributed by atoms with E-state index in [4.69, 9.17) is 4.98 Å². The molecule has 0 spiro atoms. The highest BCUT2D eigenvalue weighted by Gasteiger charge is 2.27. The summed E-state index contributed by atoms with van der Waals surface area (Å²) in [6.45, 7) is 6.38. The van der Waals surface area contributed by atoms with E-state index in [2.05, 4.69) is 19.9 Å². The number of anilines is 1. The summed E-state index contributed by atoms with van der Waals surface area (Å²) in [6.07, 6.45) is 2.84. The maximum atomic E-state index is 13.6. The van der Waals surface area contributed by atoms with Crippen molar-refractivity contribution in [2.24, 2.45) is 0 Å². The fourth-order valence-electron chi connectivity index (χ4n) is 4.09. The monoisotopic (exact) mass is 500 g/mol. The summed E-state index contributed by atoms with van der Waals surface area (Å²) in [5, 5.41) is 0.653. The second-order valence-corrected chi connectivity index (χ2v) is 12.0. The van der Waals surface area contributed by atoms with Gasteiger partial charge in [-0.25, -0.2) is 13.4 Å². The Morgan fingerprint density at radius 2 is 1.68 bits per heavy atom. The molecule has 34 heavy (non-hydrogen) atoms. The molecule has 0 N–H and O–H groups in total. The van der Waals surface area contributed by atoms with Gasteiger partial charge in [0.15, 0.2) is 5.13 Å². The number of amides is 1. The third kappa shape index (κ3) is 5.02. The second kappa shape index (κ2) is 10.1. The molecule has 1 aromatic heterocycles. The number of carbonyl (C=O) groups is 1. The first-order valence-corrected chi connectivity index (χ1v) is 13.9. The highest BCUT2D eigenvalue weighted by Crippen LogP contribution is 2.33. The number of thiazole rings is 1. The van der Waals surface area contributed by atoms with Gasteiger partial charge in [0.2, 0.25) is 10.0 Å². The van der Waals surface area contributed by atoms with Crippen molar-refractivity contribution in [3.63, 3.8) is 0 Å². The van der Waals surface area contributed by atoms with Gasteiger partial charge in [0.1, 0.15) is 0 Å². The van der Waals surface area contributed by atoms with Crippen molar-refractivity contribution >= 4 is 42.6 Å². The molecular formula is C25H32N4O3S2. The zero-order chi connectivity index (χ0) is 24.5. The Morgan fingerprint density at radius 1 is 1.00 bits per heavy atom. The molecule has 0 unspecified atom stereocenters. The molecular weight excluding hydrogens is 468 g/mol. The molecule has 1 aliphatic rings. The number of nitrogens with zero attached hydrogens (tertiary/aromatic N) is 4. The van der Waals surface area contributed by atoms with Gasteiger partial charge in [-0.15, -0.1) is 0 Å². The number of aromatic nitrogens is 1. The van der Waals surface area contributed by atoms with Gasteiger partial charge >= 0.3 is 0 Å². The molecule has 0 aliphatic carbocycles. The number of fused-ring (bicyclic) bond motifs is 1. The molecule has 2 aromatic carbocycles. The number of aryl methyl sites for hydroxylation is 2. The van der Waals surface area contributed by atoms with Crippen molar-refractivity contribution < 1.29 is 13.2 Å². The Bertz CT molecular complexity index is 1280. The molecule has 1 fully saturated rings. The van der Waals surface area contributed by atoms with Crippen LogP contribution in [0.5, 0.6) is 0 Å². The molecule has 7 nitrogen and oxygen atoms in total. The van der Waals surface area contributed by atoms with Gasteiger partial charge in [0.05, 0.1) is 15.1 Å². The molecule has 2 heterocycles. The lowest BCUT2D eigenvalue weighted by Gasteiger charge is -2.26. The number of piperidine rings is 1. The summed E-state index contributed by atoms with van der Waals surface area (Å²) < 4.78 is 28.5. The van der Waals surface area contributed by atoms with Gasteiger partial charge in [0, 0.05) is 31.7 Å². The van der Waals surface area contributed by atoms with Gasteiger partial charge in [-0.2, -0.15) is 4.31 Å². The number of benzene rings is 2. The largest absolute Gasteiger partial charge is 0.308 e. The first-order valence-electron chi connectivity index (χ1n) is 11.6. The molecule has 0 radical (unpaired) electrons. The predicted octanol–water partition coefficient (Wildman–Crippen LogP) is 4.30. The summed E-state index contributed by atoms with van der Waals surface area (Å²) in [4.78, 5) is 22.3. The Kier molecular flexibility index (Phi) is 7.37. The molecule has 9 heteroatoms. The van der Waals surface area contributed by atoms with Gasteiger partial charge in [-0.3, -0.25) is 9.69 Å². The number of hydrogen-bond donors (Lipinski definition) is 0. The second-order valence-electron chi connectivity index (χ2n) is 9.10. The van der Waals surface area contributed by atoms with Gasteiger partial charge < -0.3 is 4.90 Å². The highest BCUT2D eigenvalue weighted by atomic mass is 32.2. The van der Waals surface area contributed by atoms with E-state index in [0.29, 0.717) is 36.9 Å². The van der Waals surface area contributed by atoms with Crippen LogP contribution < -0.4 is 4.90 Å². The van der Waals surface area contributed by atoms with Crippen LogP contribution in [-0.2, 0) is 10.0 Å². The number of hydrogen-bond acceptors (Lipinski definition) is 6. The Balaban J connectivity index is 1.63. The van der Waals surface area contributed by atoms with Crippen molar-refractivity contribution in [3.05, 3.63) is 53.1 Å². The summed E-state index contributed by atoms with van der Waals surface area (Å²) in [5.41, 5.74) is 3.66. The Labute approximate surface area is 206 Å². The maximum Gasteiger partial charge on any atom is 0.260 e. The van der Waals surface area contributed by atoms with E-state index in [0.717, 1.165) is 35.0 Å². The van der Waals surface area contributed by atoms with Crippen LogP contribution in [0, 0.1) is 13.8 Å². The van der Waals surface area contributed by atoms with E-state index in [1.54, 1.807) is 33.5 Å². The third-order valence-electron chi connectivity index (χ3n) is 6.37. The van der Waals surface area contributed by atoms with E-state index in [9.17, 15) is 13.2 Å². The smallest absolute Gasteiger partial charge is 0.260 e. The van der Waals surface area contributed by atoms with Gasteiger partial charge in [-0.1, -0.05) is 23.8 Å². The summed E-state index contributed by atoms with van der Waals surface area (Å²) in [5.74, 6) is -0.183. The third-order valence-corrected chi connectivity index (χ3v) is 9.33. The number of carbonyl (C=O) groups excluding carboxylic acids is 1. The zero-order valence-electron chi connectivity index (χ0n) is 20.2. The molecule has 4 rings (SSSR count). The summed E-state index contributed by atoms with van der Waals surface area (Å²) in [7, 11) is 0.401. The quantitative estimate of drug-likeness (QED) is 0.484. The van der Waals surface area contributed by atoms with E-state index in [1.807, 2.05) is 25.1 Å². The van der Waals surface area contributed by atoms with Crippen LogP contribution in [0.1, 0.15) is 40.7 Å². The van der Waals surface area contributed by atoms with Crippen molar-refractivity contribution in [3.8, 4) is 0 Å². The SMILES string of the molecule is Cc1ccc2sc(N(CCN(C)C)C(=O)c3ccc(S(=O)(=O)N4CCCCC4)cc3)nc2c1C. The first-order chi connectivity index (χ1) is 16.2. The number of likely N-dealkylation sites (N-methyl/N-ethyl adjacent to an activating group) is 1. The average Bonchev–Trinajstić information content (AvgIpc) is 3.26. The fourth-order valence-corrected chi connectivity index (χ4v) is 6.66. The summed E-state index contributed by atoms with van der Waals surface area (Å²) >= 11 is 1.50. The molecule has 182 valence electrons. The van der Waals surface area contributed by atoms with Crippen molar-refractivity contribution in [1.82, 2.24) is 14.2 Å². The van der Waals surface area contributed by atoms with Gasteiger partial charge in [0.25, 0.3) is 5.91 Å². The number of rotatable bonds is 7. The van der Waals surface area contributed by atoms with Crippen LogP contribution in [-0.4, -0.2) is 68.8 Å². The Hall–Kier alpha value is -2.33.